The van der Waals surface area contributed by atoms with Gasteiger partial charge >= 0.3 is 6.29 Å². The van der Waals surface area contributed by atoms with Crippen LogP contribution in [0.15, 0.2) is 52.9 Å². The molecule has 2 heterocycles. The Balaban J connectivity index is 1.69. The van der Waals surface area contributed by atoms with E-state index in [0.29, 0.717) is 5.56 Å². The summed E-state index contributed by atoms with van der Waals surface area (Å²) >= 11 is 0. The van der Waals surface area contributed by atoms with Gasteiger partial charge in [0.2, 0.25) is 0 Å². The second kappa shape index (κ2) is 6.31. The summed E-state index contributed by atoms with van der Waals surface area (Å²) in [7, 11) is 0. The number of amides is 1. The number of alkyl halides is 2. The van der Waals surface area contributed by atoms with Crippen molar-refractivity contribution in [1.82, 2.24) is 10.6 Å². The molecule has 2 aliphatic heterocycles. The number of aliphatic imine (C=N–C) groups is 1. The minimum Gasteiger partial charge on any atom is -0.396 e. The van der Waals surface area contributed by atoms with E-state index in [2.05, 4.69) is 25.1 Å². The predicted octanol–water partition coefficient (Wildman–Crippen LogP) is 2.05. The fourth-order valence-electron chi connectivity index (χ4n) is 2.15. The van der Waals surface area contributed by atoms with Crippen molar-refractivity contribution < 1.29 is 23.0 Å². The maximum atomic E-state index is 13.0. The van der Waals surface area contributed by atoms with Crippen LogP contribution in [0.2, 0.25) is 0 Å². The lowest BCUT2D eigenvalue weighted by molar-refractivity contribution is -0.326. The maximum absolute atomic E-state index is 13.0. The second-order valence-corrected chi connectivity index (χ2v) is 5.19. The van der Waals surface area contributed by atoms with Gasteiger partial charge in [-0.2, -0.15) is 0 Å². The number of guanidine groups is 1. The van der Waals surface area contributed by atoms with E-state index in [4.69, 9.17) is 0 Å². The highest BCUT2D eigenvalue weighted by Gasteiger charge is 2.45. The molecule has 1 amide bonds. The van der Waals surface area contributed by atoms with Gasteiger partial charge in [0.05, 0.1) is 6.54 Å². The van der Waals surface area contributed by atoms with Gasteiger partial charge < -0.3 is 14.8 Å². The van der Waals surface area contributed by atoms with Crippen molar-refractivity contribution in [2.45, 2.75) is 13.2 Å². The maximum Gasteiger partial charge on any atom is 0.586 e. The molecular formula is C16H15F2N3O3. The first-order valence-corrected chi connectivity index (χ1v) is 7.26. The zero-order valence-corrected chi connectivity index (χ0v) is 12.8. The molecule has 2 aliphatic rings. The smallest absolute Gasteiger partial charge is 0.396 e. The Morgan fingerprint density at radius 2 is 1.88 bits per heavy atom. The Morgan fingerprint density at radius 3 is 2.58 bits per heavy atom. The molecule has 6 nitrogen and oxygen atoms in total. The number of aryl methyl sites for hydroxylation is 1. The molecule has 1 saturated heterocycles. The van der Waals surface area contributed by atoms with Crippen LogP contribution in [-0.4, -0.2) is 31.3 Å². The third-order valence-electron chi connectivity index (χ3n) is 3.33. The van der Waals surface area contributed by atoms with E-state index in [1.165, 1.54) is 12.2 Å². The normalized spacial score (nSPS) is 23.2. The summed E-state index contributed by atoms with van der Waals surface area (Å²) in [5.74, 6) is -0.216. The number of carbonyl (C=O) groups excluding carboxylic acids is 1. The van der Waals surface area contributed by atoms with Crippen LogP contribution in [0, 0.1) is 6.92 Å². The average molecular weight is 335 g/mol. The Bertz CT molecular complexity index is 739. The molecule has 126 valence electrons. The van der Waals surface area contributed by atoms with E-state index in [0.717, 1.165) is 5.56 Å². The minimum absolute atomic E-state index is 0.0443. The summed E-state index contributed by atoms with van der Waals surface area (Å²) < 4.78 is 34.9. The van der Waals surface area contributed by atoms with E-state index in [9.17, 15) is 13.6 Å². The molecule has 1 fully saturated rings. The minimum atomic E-state index is -3.66. The van der Waals surface area contributed by atoms with Crippen LogP contribution in [0.3, 0.4) is 0 Å². The highest BCUT2D eigenvalue weighted by Crippen LogP contribution is 2.36. The van der Waals surface area contributed by atoms with Crippen molar-refractivity contribution in [3.05, 3.63) is 59.1 Å². The lowest BCUT2D eigenvalue weighted by atomic mass is 10.1. The van der Waals surface area contributed by atoms with Gasteiger partial charge in [0.1, 0.15) is 0 Å². The molecule has 0 unspecified atom stereocenters. The highest BCUT2D eigenvalue weighted by molar-refractivity contribution is 6.05. The Labute approximate surface area is 136 Å². The van der Waals surface area contributed by atoms with Gasteiger partial charge in [-0.15, -0.1) is 8.78 Å². The fourth-order valence-corrected chi connectivity index (χ4v) is 2.15. The zero-order valence-electron chi connectivity index (χ0n) is 12.8. The predicted molar refractivity (Wildman–Crippen MR) is 82.2 cm³/mol. The lowest BCUT2D eigenvalue weighted by Gasteiger charge is -2.10. The van der Waals surface area contributed by atoms with Crippen molar-refractivity contribution in [2.75, 3.05) is 13.1 Å². The average Bonchev–Trinajstić information content (AvgIpc) is 2.84. The van der Waals surface area contributed by atoms with Crippen LogP contribution < -0.4 is 10.6 Å². The van der Waals surface area contributed by atoms with E-state index < -0.39 is 6.29 Å². The molecule has 1 aromatic rings. The van der Waals surface area contributed by atoms with Gasteiger partial charge in [-0.3, -0.25) is 10.1 Å². The second-order valence-electron chi connectivity index (χ2n) is 5.19. The number of fused-ring (bicyclic) bond motifs is 1. The van der Waals surface area contributed by atoms with Crippen LogP contribution in [0.4, 0.5) is 8.78 Å². The third-order valence-corrected chi connectivity index (χ3v) is 3.33. The van der Waals surface area contributed by atoms with Gasteiger partial charge in [0, 0.05) is 12.1 Å². The number of rotatable bonds is 1. The molecule has 0 radical (unpaired) electrons. The summed E-state index contributed by atoms with van der Waals surface area (Å²) in [6.45, 7) is 2.11. The van der Waals surface area contributed by atoms with Crippen LogP contribution >= 0.6 is 0 Å². The van der Waals surface area contributed by atoms with Crippen molar-refractivity contribution in [3.63, 3.8) is 0 Å². The van der Waals surface area contributed by atoms with E-state index in [1.807, 2.05) is 19.1 Å². The third kappa shape index (κ3) is 3.70. The van der Waals surface area contributed by atoms with E-state index >= 15 is 0 Å². The first kappa shape index (κ1) is 16.0. The summed E-state index contributed by atoms with van der Waals surface area (Å²) in [6.07, 6.45) is -0.910. The highest BCUT2D eigenvalue weighted by atomic mass is 19.3. The molecule has 0 aliphatic carbocycles. The quantitative estimate of drug-likeness (QED) is 0.824. The zero-order chi connectivity index (χ0) is 17.2. The molecule has 0 spiro atoms. The Kier molecular flexibility index (Phi) is 4.20. The SMILES string of the molecule is Cc1ccc(C(=O)NC2=NC/C=C3/OC(F)(F)O/C3=C/CN2)cc1. The molecule has 0 saturated carbocycles. The summed E-state index contributed by atoms with van der Waals surface area (Å²) in [6, 6.07) is 7.08. The number of halogens is 2. The van der Waals surface area contributed by atoms with Gasteiger partial charge in [0.15, 0.2) is 17.5 Å². The molecule has 24 heavy (non-hydrogen) atoms. The number of benzene rings is 1. The van der Waals surface area contributed by atoms with Crippen molar-refractivity contribution >= 4 is 11.9 Å². The number of hydrogen-bond acceptors (Lipinski definition) is 5. The number of nitrogens with zero attached hydrogens (tertiary/aromatic N) is 1. The monoisotopic (exact) mass is 335 g/mol. The summed E-state index contributed by atoms with van der Waals surface area (Å²) in [4.78, 5) is 16.3. The summed E-state index contributed by atoms with van der Waals surface area (Å²) in [5, 5.41) is 5.49. The van der Waals surface area contributed by atoms with Crippen molar-refractivity contribution in [1.29, 1.82) is 0 Å². The molecule has 8 heteroatoms. The van der Waals surface area contributed by atoms with Crippen LogP contribution in [0.1, 0.15) is 15.9 Å². The van der Waals surface area contributed by atoms with Crippen molar-refractivity contribution in [2.24, 2.45) is 4.99 Å². The van der Waals surface area contributed by atoms with Crippen LogP contribution in [0.25, 0.3) is 0 Å². The van der Waals surface area contributed by atoms with E-state index in [-0.39, 0.29) is 36.5 Å². The number of ether oxygens (including phenoxy) is 2. The fraction of sp³-hybridized carbons (Fsp3) is 0.250. The topological polar surface area (TPSA) is 72.0 Å². The molecular weight excluding hydrogens is 320 g/mol. The van der Waals surface area contributed by atoms with Gasteiger partial charge in [0.25, 0.3) is 5.91 Å². The van der Waals surface area contributed by atoms with Gasteiger partial charge in [-0.25, -0.2) is 4.99 Å². The number of carbonyl (C=O) groups is 1. The van der Waals surface area contributed by atoms with Crippen LogP contribution in [-0.2, 0) is 9.47 Å². The van der Waals surface area contributed by atoms with Gasteiger partial charge in [-0.05, 0) is 31.2 Å². The molecule has 2 N–H and O–H groups in total. The van der Waals surface area contributed by atoms with E-state index in [1.54, 1.807) is 12.1 Å². The number of nitrogens with one attached hydrogen (secondary N) is 2. The Morgan fingerprint density at radius 1 is 1.21 bits per heavy atom. The first-order valence-electron chi connectivity index (χ1n) is 7.26. The Hall–Kier alpha value is -2.90. The standard InChI is InChI=1S/C16H15F2N3O3/c1-10-2-4-11(5-3-10)14(22)21-15-19-8-6-12-13(7-9-20-15)24-16(17,18)23-12/h2-7H,8-9H2,1H3,(H2,19,20,21,22)/b12-6+,13-7+. The lowest BCUT2D eigenvalue weighted by Crippen LogP contribution is -2.41. The largest absolute Gasteiger partial charge is 0.586 e. The first-order chi connectivity index (χ1) is 11.4. The van der Waals surface area contributed by atoms with Crippen molar-refractivity contribution in [3.8, 4) is 0 Å². The molecule has 0 aromatic heterocycles. The van der Waals surface area contributed by atoms with Crippen LogP contribution in [0.5, 0.6) is 0 Å². The molecule has 0 bridgehead atoms. The molecule has 1 aromatic carbocycles. The summed E-state index contributed by atoms with van der Waals surface area (Å²) in [5.41, 5.74) is 1.54. The molecule has 0 atom stereocenters. The van der Waals surface area contributed by atoms with Gasteiger partial charge in [-0.1, -0.05) is 17.7 Å². The molecule has 3 rings (SSSR count). The number of hydrogen-bond donors (Lipinski definition) is 2.